The highest BCUT2D eigenvalue weighted by molar-refractivity contribution is 6.33. The predicted molar refractivity (Wildman–Crippen MR) is 79.7 cm³/mol. The number of benzene rings is 1. The van der Waals surface area contributed by atoms with Gasteiger partial charge in [0.2, 0.25) is 0 Å². The van der Waals surface area contributed by atoms with E-state index in [1.165, 1.54) is 19.3 Å². The van der Waals surface area contributed by atoms with E-state index in [1.807, 2.05) is 26.0 Å². The molecule has 0 bridgehead atoms. The van der Waals surface area contributed by atoms with Crippen molar-refractivity contribution in [2.24, 2.45) is 5.92 Å². The Labute approximate surface area is 125 Å². The monoisotopic (exact) mass is 302 g/mol. The minimum atomic E-state index is -0.0314. The summed E-state index contributed by atoms with van der Waals surface area (Å²) in [6.07, 6.45) is 3.63. The van der Waals surface area contributed by atoms with Gasteiger partial charge in [-0.1, -0.05) is 18.0 Å². The average Bonchev–Trinajstić information content (AvgIpc) is 2.30. The van der Waals surface area contributed by atoms with Gasteiger partial charge in [-0.2, -0.15) is 0 Å². The van der Waals surface area contributed by atoms with Gasteiger partial charge in [-0.05, 0) is 44.2 Å². The van der Waals surface area contributed by atoms with Crippen molar-refractivity contribution >= 4 is 23.2 Å². The van der Waals surface area contributed by atoms with E-state index >= 15 is 0 Å². The predicted octanol–water partition coefficient (Wildman–Crippen LogP) is 5.22. The van der Waals surface area contributed by atoms with E-state index in [0.717, 1.165) is 11.3 Å². The summed E-state index contributed by atoms with van der Waals surface area (Å²) >= 11 is 12.9. The van der Waals surface area contributed by atoms with Crippen molar-refractivity contribution in [3.8, 4) is 11.5 Å². The highest BCUT2D eigenvalue weighted by atomic mass is 35.5. The van der Waals surface area contributed by atoms with E-state index in [2.05, 4.69) is 0 Å². The first kappa shape index (κ1) is 14.8. The van der Waals surface area contributed by atoms with Gasteiger partial charge in [-0.3, -0.25) is 0 Å². The number of hydrogen-bond donors (Lipinski definition) is 0. The van der Waals surface area contributed by atoms with Gasteiger partial charge >= 0.3 is 0 Å². The molecule has 1 saturated carbocycles. The van der Waals surface area contributed by atoms with Crippen molar-refractivity contribution in [1.82, 2.24) is 0 Å². The zero-order chi connectivity index (χ0) is 13.8. The van der Waals surface area contributed by atoms with Crippen molar-refractivity contribution in [2.45, 2.75) is 38.5 Å². The van der Waals surface area contributed by atoms with Crippen molar-refractivity contribution < 1.29 is 9.47 Å². The summed E-state index contributed by atoms with van der Waals surface area (Å²) in [7, 11) is 0. The molecule has 19 heavy (non-hydrogen) atoms. The summed E-state index contributed by atoms with van der Waals surface area (Å²) in [6.45, 7) is 5.07. The van der Waals surface area contributed by atoms with Crippen LogP contribution < -0.4 is 9.47 Å². The van der Waals surface area contributed by atoms with Crippen LogP contribution in [0.2, 0.25) is 5.02 Å². The summed E-state index contributed by atoms with van der Waals surface area (Å²) in [5.41, 5.74) is 0.958. The van der Waals surface area contributed by atoms with Gasteiger partial charge in [0.1, 0.15) is 0 Å². The third-order valence-electron chi connectivity index (χ3n) is 3.52. The van der Waals surface area contributed by atoms with Gasteiger partial charge in [-0.25, -0.2) is 0 Å². The zero-order valence-corrected chi connectivity index (χ0v) is 12.9. The molecule has 0 N–H and O–H groups in total. The lowest BCUT2D eigenvalue weighted by molar-refractivity contribution is 0.285. The van der Waals surface area contributed by atoms with E-state index in [-0.39, 0.29) is 5.38 Å². The third-order valence-corrected chi connectivity index (χ3v) is 4.44. The van der Waals surface area contributed by atoms with Crippen LogP contribution in [0.5, 0.6) is 11.5 Å². The molecule has 106 valence electrons. The largest absolute Gasteiger partial charge is 0.490 e. The summed E-state index contributed by atoms with van der Waals surface area (Å²) in [6, 6.07) is 3.76. The Morgan fingerprint density at radius 1 is 1.16 bits per heavy atom. The van der Waals surface area contributed by atoms with Crippen LogP contribution in [0.25, 0.3) is 0 Å². The van der Waals surface area contributed by atoms with Crippen LogP contribution in [0.1, 0.15) is 44.1 Å². The van der Waals surface area contributed by atoms with Crippen LogP contribution in [0, 0.1) is 5.92 Å². The van der Waals surface area contributed by atoms with Crippen molar-refractivity contribution in [1.29, 1.82) is 0 Å². The van der Waals surface area contributed by atoms with Crippen LogP contribution >= 0.6 is 23.2 Å². The molecule has 1 aliphatic carbocycles. The maximum absolute atomic E-state index is 6.53. The zero-order valence-electron chi connectivity index (χ0n) is 11.4. The second-order valence-electron chi connectivity index (χ2n) is 4.78. The summed E-state index contributed by atoms with van der Waals surface area (Å²) in [4.78, 5) is 0. The van der Waals surface area contributed by atoms with Crippen LogP contribution in [0.15, 0.2) is 12.1 Å². The lowest BCUT2D eigenvalue weighted by Gasteiger charge is -2.30. The Bertz CT molecular complexity index is 430. The molecule has 1 aliphatic rings. The van der Waals surface area contributed by atoms with Crippen molar-refractivity contribution in [3.63, 3.8) is 0 Å². The maximum atomic E-state index is 6.53. The highest BCUT2D eigenvalue weighted by Crippen LogP contribution is 2.46. The summed E-state index contributed by atoms with van der Waals surface area (Å²) in [5, 5.41) is 0.634. The summed E-state index contributed by atoms with van der Waals surface area (Å²) < 4.78 is 11.2. The molecule has 1 unspecified atom stereocenters. The van der Waals surface area contributed by atoms with Crippen LogP contribution in [0.3, 0.4) is 0 Å². The number of rotatable bonds is 6. The molecule has 0 aliphatic heterocycles. The third kappa shape index (κ3) is 3.29. The first-order valence-corrected chi connectivity index (χ1v) is 7.71. The molecule has 0 heterocycles. The molecular weight excluding hydrogens is 283 g/mol. The fraction of sp³-hybridized carbons (Fsp3) is 0.600. The molecule has 0 saturated heterocycles. The smallest absolute Gasteiger partial charge is 0.162 e. The second kappa shape index (κ2) is 6.71. The number of ether oxygens (including phenoxy) is 2. The standard InChI is InChI=1S/C15H20Cl2O2/c1-3-18-13-8-11(15(17)10-6-5-7-10)12(16)9-14(13)19-4-2/h8-10,15H,3-7H2,1-2H3. The Hall–Kier alpha value is -0.600. The molecule has 1 aromatic carbocycles. The minimum Gasteiger partial charge on any atom is -0.490 e. The minimum absolute atomic E-state index is 0.0314. The molecule has 0 aromatic heterocycles. The molecule has 2 rings (SSSR count). The quantitative estimate of drug-likeness (QED) is 0.671. The average molecular weight is 303 g/mol. The molecule has 0 spiro atoms. The van der Waals surface area contributed by atoms with Gasteiger partial charge < -0.3 is 9.47 Å². The van der Waals surface area contributed by atoms with Gasteiger partial charge in [0.15, 0.2) is 11.5 Å². The molecule has 1 fully saturated rings. The van der Waals surface area contributed by atoms with Crippen molar-refractivity contribution in [3.05, 3.63) is 22.7 Å². The van der Waals surface area contributed by atoms with Gasteiger partial charge in [-0.15, -0.1) is 11.6 Å². The Morgan fingerprint density at radius 2 is 1.74 bits per heavy atom. The topological polar surface area (TPSA) is 18.5 Å². The number of halogens is 2. The van der Waals surface area contributed by atoms with E-state index in [9.17, 15) is 0 Å². The highest BCUT2D eigenvalue weighted by Gasteiger charge is 2.29. The van der Waals surface area contributed by atoms with E-state index < -0.39 is 0 Å². The lowest BCUT2D eigenvalue weighted by Crippen LogP contribution is -2.17. The SMILES string of the molecule is CCOc1cc(Cl)c(C(Cl)C2CCC2)cc1OCC. The van der Waals surface area contributed by atoms with Gasteiger partial charge in [0, 0.05) is 11.1 Å². The van der Waals surface area contributed by atoms with Crippen LogP contribution in [-0.2, 0) is 0 Å². The Kier molecular flexibility index (Phi) is 5.23. The normalized spacial score (nSPS) is 16.8. The van der Waals surface area contributed by atoms with E-state index in [1.54, 1.807) is 0 Å². The molecule has 1 atom stereocenters. The molecule has 0 radical (unpaired) electrons. The Balaban J connectivity index is 2.29. The molecule has 2 nitrogen and oxygen atoms in total. The summed E-state index contributed by atoms with van der Waals surface area (Å²) in [5.74, 6) is 1.95. The first-order chi connectivity index (χ1) is 9.17. The van der Waals surface area contributed by atoms with Crippen LogP contribution in [0.4, 0.5) is 0 Å². The fourth-order valence-electron chi connectivity index (χ4n) is 2.29. The number of hydrogen-bond acceptors (Lipinski definition) is 2. The Morgan fingerprint density at radius 3 is 2.21 bits per heavy atom. The van der Waals surface area contributed by atoms with Gasteiger partial charge in [0.25, 0.3) is 0 Å². The maximum Gasteiger partial charge on any atom is 0.162 e. The van der Waals surface area contributed by atoms with Crippen LogP contribution in [-0.4, -0.2) is 13.2 Å². The first-order valence-electron chi connectivity index (χ1n) is 6.90. The second-order valence-corrected chi connectivity index (χ2v) is 5.66. The number of alkyl halides is 1. The molecule has 1 aromatic rings. The van der Waals surface area contributed by atoms with Gasteiger partial charge in [0.05, 0.1) is 18.6 Å². The van der Waals surface area contributed by atoms with E-state index in [0.29, 0.717) is 29.9 Å². The van der Waals surface area contributed by atoms with Crippen molar-refractivity contribution in [2.75, 3.05) is 13.2 Å². The molecule has 4 heteroatoms. The van der Waals surface area contributed by atoms with E-state index in [4.69, 9.17) is 32.7 Å². The fourth-order valence-corrected chi connectivity index (χ4v) is 3.04. The molecular formula is C15H20Cl2O2. The lowest BCUT2D eigenvalue weighted by atomic mass is 9.80. The molecule has 0 amide bonds.